The molecule has 0 saturated heterocycles. The first-order valence-corrected chi connectivity index (χ1v) is 9.07. The molecular formula is C21H14N2O3S. The van der Waals surface area contributed by atoms with Crippen molar-refractivity contribution in [2.24, 2.45) is 5.73 Å². The summed E-state index contributed by atoms with van der Waals surface area (Å²) in [6, 6.07) is 19.9. The number of thiophene rings is 1. The second-order valence-corrected chi connectivity index (χ2v) is 6.87. The number of ether oxygens (including phenoxy) is 2. The van der Waals surface area contributed by atoms with Gasteiger partial charge in [-0.25, -0.2) is 4.79 Å². The van der Waals surface area contributed by atoms with Gasteiger partial charge in [-0.1, -0.05) is 30.3 Å². The van der Waals surface area contributed by atoms with E-state index < -0.39 is 5.97 Å². The molecule has 0 bridgehead atoms. The number of allylic oxidation sites excluding steroid dienone is 1. The first-order valence-electron chi connectivity index (χ1n) is 8.19. The molecule has 6 heteroatoms. The minimum Gasteiger partial charge on any atom is -0.440 e. The highest BCUT2D eigenvalue weighted by molar-refractivity contribution is 7.10. The second kappa shape index (κ2) is 6.98. The molecule has 1 aliphatic heterocycles. The third-order valence-electron chi connectivity index (χ3n) is 4.24. The molecule has 2 aromatic carbocycles. The van der Waals surface area contributed by atoms with Crippen molar-refractivity contribution in [2.75, 3.05) is 0 Å². The fourth-order valence-electron chi connectivity index (χ4n) is 2.99. The van der Waals surface area contributed by atoms with Crippen LogP contribution >= 0.6 is 11.3 Å². The van der Waals surface area contributed by atoms with Gasteiger partial charge in [0.15, 0.2) is 0 Å². The molecule has 3 aromatic rings. The van der Waals surface area contributed by atoms with E-state index in [9.17, 15) is 10.1 Å². The fourth-order valence-corrected chi connectivity index (χ4v) is 3.84. The number of nitriles is 1. The van der Waals surface area contributed by atoms with Crippen molar-refractivity contribution < 1.29 is 14.3 Å². The Balaban J connectivity index is 1.69. The SMILES string of the molecule is N#CC1=C(N)Oc2cc(OC(=O)c3ccccc3)ccc2C1c1cccs1. The maximum atomic E-state index is 12.3. The molecule has 0 radical (unpaired) electrons. The van der Waals surface area contributed by atoms with E-state index >= 15 is 0 Å². The van der Waals surface area contributed by atoms with Gasteiger partial charge in [0, 0.05) is 16.5 Å². The van der Waals surface area contributed by atoms with Gasteiger partial charge in [0.1, 0.15) is 23.1 Å². The fraction of sp³-hybridized carbons (Fsp3) is 0.0476. The summed E-state index contributed by atoms with van der Waals surface area (Å²) in [7, 11) is 0. The number of hydrogen-bond donors (Lipinski definition) is 1. The largest absolute Gasteiger partial charge is 0.440 e. The summed E-state index contributed by atoms with van der Waals surface area (Å²) < 4.78 is 11.1. The van der Waals surface area contributed by atoms with Gasteiger partial charge in [0.2, 0.25) is 5.88 Å². The summed E-state index contributed by atoms with van der Waals surface area (Å²) in [4.78, 5) is 13.3. The van der Waals surface area contributed by atoms with Crippen molar-refractivity contribution in [3.8, 4) is 17.6 Å². The highest BCUT2D eigenvalue weighted by Crippen LogP contribution is 2.44. The molecule has 1 aromatic heterocycles. The molecule has 0 spiro atoms. The van der Waals surface area contributed by atoms with Crippen molar-refractivity contribution in [2.45, 2.75) is 5.92 Å². The van der Waals surface area contributed by atoms with E-state index in [1.54, 1.807) is 53.8 Å². The molecule has 2 N–H and O–H groups in total. The molecule has 0 aliphatic carbocycles. The topological polar surface area (TPSA) is 85.3 Å². The van der Waals surface area contributed by atoms with Gasteiger partial charge in [-0.05, 0) is 29.6 Å². The second-order valence-electron chi connectivity index (χ2n) is 5.90. The van der Waals surface area contributed by atoms with E-state index in [0.717, 1.165) is 10.4 Å². The summed E-state index contributed by atoms with van der Waals surface area (Å²) >= 11 is 1.54. The van der Waals surface area contributed by atoms with Gasteiger partial charge in [-0.3, -0.25) is 0 Å². The Hall–Kier alpha value is -3.56. The quantitative estimate of drug-likeness (QED) is 0.549. The summed E-state index contributed by atoms with van der Waals surface area (Å²) in [5.74, 6) is 0.138. The molecule has 5 nitrogen and oxygen atoms in total. The molecule has 0 amide bonds. The predicted molar refractivity (Wildman–Crippen MR) is 101 cm³/mol. The highest BCUT2D eigenvalue weighted by Gasteiger charge is 2.31. The standard InChI is InChI=1S/C21H14N2O3S/c22-12-16-19(18-7-4-10-27-18)15-9-8-14(11-17(15)26-20(16)23)25-21(24)13-5-2-1-3-6-13/h1-11,19H,23H2. The zero-order chi connectivity index (χ0) is 18.8. The molecule has 1 unspecified atom stereocenters. The van der Waals surface area contributed by atoms with E-state index in [0.29, 0.717) is 22.6 Å². The molecule has 4 rings (SSSR count). The number of esters is 1. The lowest BCUT2D eigenvalue weighted by molar-refractivity contribution is 0.0734. The van der Waals surface area contributed by atoms with Gasteiger partial charge in [0.25, 0.3) is 0 Å². The van der Waals surface area contributed by atoms with Crippen LogP contribution in [0.5, 0.6) is 11.5 Å². The van der Waals surface area contributed by atoms with Gasteiger partial charge in [-0.15, -0.1) is 11.3 Å². The van der Waals surface area contributed by atoms with Crippen LogP contribution in [0.3, 0.4) is 0 Å². The van der Waals surface area contributed by atoms with Crippen LogP contribution in [0.4, 0.5) is 0 Å². The number of fused-ring (bicyclic) bond motifs is 1. The molecule has 0 saturated carbocycles. The summed E-state index contributed by atoms with van der Waals surface area (Å²) in [6.45, 7) is 0. The Morgan fingerprint density at radius 1 is 1.15 bits per heavy atom. The normalized spacial score (nSPS) is 15.4. The number of carbonyl (C=O) groups is 1. The molecule has 27 heavy (non-hydrogen) atoms. The lowest BCUT2D eigenvalue weighted by Crippen LogP contribution is -2.20. The Morgan fingerprint density at radius 2 is 1.96 bits per heavy atom. The molecule has 132 valence electrons. The Labute approximate surface area is 159 Å². The van der Waals surface area contributed by atoms with Crippen LogP contribution in [0.1, 0.15) is 26.7 Å². The van der Waals surface area contributed by atoms with Crippen molar-refractivity contribution in [1.29, 1.82) is 5.26 Å². The van der Waals surface area contributed by atoms with Gasteiger partial charge in [0.05, 0.1) is 11.5 Å². The Kier molecular flexibility index (Phi) is 4.37. The van der Waals surface area contributed by atoms with Crippen molar-refractivity contribution in [3.63, 3.8) is 0 Å². The molecule has 2 heterocycles. The van der Waals surface area contributed by atoms with Gasteiger partial charge < -0.3 is 15.2 Å². The monoisotopic (exact) mass is 374 g/mol. The number of nitrogens with zero attached hydrogens (tertiary/aromatic N) is 1. The lowest BCUT2D eigenvalue weighted by Gasteiger charge is -2.25. The molecule has 1 aliphatic rings. The molecule has 0 fully saturated rings. The van der Waals surface area contributed by atoms with Crippen LogP contribution < -0.4 is 15.2 Å². The van der Waals surface area contributed by atoms with E-state index in [4.69, 9.17) is 15.2 Å². The molecule has 1 atom stereocenters. The van der Waals surface area contributed by atoms with Crippen molar-refractivity contribution in [3.05, 3.63) is 93.5 Å². The zero-order valence-corrected chi connectivity index (χ0v) is 14.9. The Bertz CT molecular complexity index is 1070. The first kappa shape index (κ1) is 16.9. The summed E-state index contributed by atoms with van der Waals surface area (Å²) in [5, 5.41) is 11.5. The van der Waals surface area contributed by atoms with E-state index in [2.05, 4.69) is 6.07 Å². The predicted octanol–water partition coefficient (Wildman–Crippen LogP) is 4.19. The van der Waals surface area contributed by atoms with E-state index in [1.165, 1.54) is 0 Å². The van der Waals surface area contributed by atoms with Gasteiger partial charge >= 0.3 is 5.97 Å². The number of rotatable bonds is 3. The van der Waals surface area contributed by atoms with Crippen LogP contribution in [-0.4, -0.2) is 5.97 Å². The summed E-state index contributed by atoms with van der Waals surface area (Å²) in [6.07, 6.45) is 0. The Morgan fingerprint density at radius 3 is 2.67 bits per heavy atom. The van der Waals surface area contributed by atoms with Crippen LogP contribution in [0.15, 0.2) is 77.5 Å². The minimum absolute atomic E-state index is 0.0648. The maximum absolute atomic E-state index is 12.3. The first-order chi connectivity index (χ1) is 13.2. The van der Waals surface area contributed by atoms with Crippen LogP contribution in [0, 0.1) is 11.3 Å². The number of hydrogen-bond acceptors (Lipinski definition) is 6. The number of nitrogens with two attached hydrogens (primary N) is 1. The zero-order valence-electron chi connectivity index (χ0n) is 14.1. The van der Waals surface area contributed by atoms with E-state index in [1.807, 2.05) is 23.6 Å². The number of carbonyl (C=O) groups excluding carboxylic acids is 1. The van der Waals surface area contributed by atoms with Crippen LogP contribution in [0.25, 0.3) is 0 Å². The van der Waals surface area contributed by atoms with Gasteiger partial charge in [-0.2, -0.15) is 5.26 Å². The maximum Gasteiger partial charge on any atom is 0.343 e. The number of benzene rings is 2. The van der Waals surface area contributed by atoms with Crippen LogP contribution in [0.2, 0.25) is 0 Å². The third-order valence-corrected chi connectivity index (χ3v) is 5.18. The smallest absolute Gasteiger partial charge is 0.343 e. The minimum atomic E-state index is -0.456. The van der Waals surface area contributed by atoms with Crippen LogP contribution in [-0.2, 0) is 0 Å². The van der Waals surface area contributed by atoms with Crippen molar-refractivity contribution in [1.82, 2.24) is 0 Å². The lowest BCUT2D eigenvalue weighted by atomic mass is 9.88. The highest BCUT2D eigenvalue weighted by atomic mass is 32.1. The average molecular weight is 374 g/mol. The van der Waals surface area contributed by atoms with Crippen molar-refractivity contribution >= 4 is 17.3 Å². The molecular weight excluding hydrogens is 360 g/mol. The third kappa shape index (κ3) is 3.16. The summed E-state index contributed by atoms with van der Waals surface area (Å²) in [5.41, 5.74) is 7.61. The average Bonchev–Trinajstić information content (AvgIpc) is 3.22. The van der Waals surface area contributed by atoms with E-state index in [-0.39, 0.29) is 11.8 Å².